The molecule has 7 aliphatic heterocycles. The van der Waals surface area contributed by atoms with E-state index in [1.807, 2.05) is 0 Å². The van der Waals surface area contributed by atoms with Crippen LogP contribution in [0.15, 0.2) is 0 Å². The summed E-state index contributed by atoms with van der Waals surface area (Å²) in [5.74, 6) is 0. The van der Waals surface area contributed by atoms with Crippen molar-refractivity contribution >= 4 is 68.3 Å². The quantitative estimate of drug-likeness (QED) is 0.295. The lowest BCUT2D eigenvalue weighted by atomic mass is 10.4. The van der Waals surface area contributed by atoms with Crippen LogP contribution in [0.25, 0.3) is 0 Å². The molecule has 7 fully saturated rings. The van der Waals surface area contributed by atoms with Gasteiger partial charge in [0.2, 0.25) is 68.3 Å². The Kier molecular flexibility index (Phi) is 37.7. The molecule has 238 valence electrons. The fourth-order valence-corrected chi connectivity index (χ4v) is 9.40. The Morgan fingerprint density at radius 3 is 0.357 bits per heavy atom. The second-order valence-electron chi connectivity index (χ2n) is 10.1. The maximum atomic E-state index is 5.10. The molecule has 0 aliphatic carbocycles. The SMILES string of the molecule is C1CC[Si]OC1.C1CC[Si]OC1.C1CC[Si]OC1.C1CC[Si]OC1.C1CC[Si]OC1.C1CC[Si]OC1.C1CC[Si]OC1. The average Bonchev–Trinajstić information content (AvgIpc) is 3.15. The number of hydrogen-bond donors (Lipinski definition) is 0. The molecule has 0 spiro atoms. The van der Waals surface area contributed by atoms with E-state index in [9.17, 15) is 0 Å². The molecule has 7 aliphatic rings. The molecule has 7 nitrogen and oxygen atoms in total. The molecule has 42 heavy (non-hydrogen) atoms. The molecule has 7 saturated heterocycles. The van der Waals surface area contributed by atoms with E-state index in [-0.39, 0.29) is 0 Å². The largest absolute Gasteiger partial charge is 0.417 e. The summed E-state index contributed by atoms with van der Waals surface area (Å²) in [5, 5.41) is 0. The van der Waals surface area contributed by atoms with Gasteiger partial charge in [0, 0.05) is 46.2 Å². The molecule has 0 bridgehead atoms. The topological polar surface area (TPSA) is 64.6 Å². The summed E-state index contributed by atoms with van der Waals surface area (Å²) in [7, 11) is 5.61. The van der Waals surface area contributed by atoms with E-state index in [0.29, 0.717) is 0 Å². The maximum absolute atomic E-state index is 5.10. The fraction of sp³-hybridized carbons (Fsp3) is 1.00. The van der Waals surface area contributed by atoms with Gasteiger partial charge in [-0.25, -0.2) is 0 Å². The normalized spacial score (nSPS) is 24.0. The van der Waals surface area contributed by atoms with Crippen molar-refractivity contribution in [2.75, 3.05) is 46.2 Å². The Bertz CT molecular complexity index is 279. The van der Waals surface area contributed by atoms with E-state index in [1.54, 1.807) is 0 Å². The lowest BCUT2D eigenvalue weighted by Gasteiger charge is -2.06. The molecule has 0 aromatic carbocycles. The van der Waals surface area contributed by atoms with Crippen molar-refractivity contribution in [3.8, 4) is 0 Å². The Labute approximate surface area is 276 Å². The zero-order chi connectivity index (χ0) is 29.7. The molecule has 0 saturated carbocycles. The standard InChI is InChI=1S/7C4H8OSi/c7*1-2-4-6-5-3-1/h7*1-4H2. The van der Waals surface area contributed by atoms with Crippen molar-refractivity contribution in [3.63, 3.8) is 0 Å². The van der Waals surface area contributed by atoms with Gasteiger partial charge in [0.05, 0.1) is 0 Å². The second kappa shape index (κ2) is 38.4. The molecule has 7 heterocycles. The van der Waals surface area contributed by atoms with Gasteiger partial charge in [0.1, 0.15) is 0 Å². The summed E-state index contributed by atoms with van der Waals surface area (Å²) in [6.07, 6.45) is 18.7. The molecular weight excluding hydrogens is 645 g/mol. The lowest BCUT2D eigenvalue weighted by molar-refractivity contribution is 0.304. The van der Waals surface area contributed by atoms with E-state index >= 15 is 0 Å². The monoisotopic (exact) mass is 700 g/mol. The highest BCUT2D eigenvalue weighted by Crippen LogP contribution is 2.04. The Morgan fingerprint density at radius 2 is 0.333 bits per heavy atom. The second-order valence-corrected chi connectivity index (χ2v) is 17.7. The highest BCUT2D eigenvalue weighted by atomic mass is 28.2. The van der Waals surface area contributed by atoms with Crippen LogP contribution in [-0.4, -0.2) is 115 Å². The zero-order valence-corrected chi connectivity index (χ0v) is 33.2. The summed E-state index contributed by atoms with van der Waals surface area (Å²) in [4.78, 5) is 0. The van der Waals surface area contributed by atoms with Gasteiger partial charge in [-0.15, -0.1) is 0 Å². The molecular formula is C28H56O7Si7. The Hall–Kier alpha value is 1.24. The molecule has 0 aromatic heterocycles. The lowest BCUT2D eigenvalue weighted by Crippen LogP contribution is -2.06. The van der Waals surface area contributed by atoms with Crippen molar-refractivity contribution in [2.45, 2.75) is 132 Å². The van der Waals surface area contributed by atoms with E-state index in [0.717, 1.165) is 115 Å². The van der Waals surface area contributed by atoms with Crippen LogP contribution < -0.4 is 0 Å². The Balaban J connectivity index is 0.000000245. The summed E-state index contributed by atoms with van der Waals surface area (Å²) < 4.78 is 35.7. The molecule has 0 amide bonds. The van der Waals surface area contributed by atoms with Gasteiger partial charge in [-0.1, -0.05) is 44.9 Å². The summed E-state index contributed by atoms with van der Waals surface area (Å²) in [6, 6.07) is 9.14. The molecule has 0 N–H and O–H groups in total. The predicted octanol–water partition coefficient (Wildman–Crippen LogP) is 5.84. The van der Waals surface area contributed by atoms with Crippen molar-refractivity contribution in [1.29, 1.82) is 0 Å². The van der Waals surface area contributed by atoms with Crippen molar-refractivity contribution < 1.29 is 31.0 Å². The summed E-state index contributed by atoms with van der Waals surface area (Å²) in [6.45, 7) is 7.09. The fourth-order valence-electron chi connectivity index (χ4n) is 3.61. The third-order valence-electron chi connectivity index (χ3n) is 6.14. The van der Waals surface area contributed by atoms with Crippen LogP contribution in [0.1, 0.15) is 89.9 Å². The smallest absolute Gasteiger partial charge is 0.229 e. The van der Waals surface area contributed by atoms with Crippen LogP contribution in [0.3, 0.4) is 0 Å². The maximum Gasteiger partial charge on any atom is 0.229 e. The van der Waals surface area contributed by atoms with Crippen LogP contribution in [0.4, 0.5) is 0 Å². The van der Waals surface area contributed by atoms with Crippen LogP contribution >= 0.6 is 0 Å². The van der Waals surface area contributed by atoms with Gasteiger partial charge in [-0.2, -0.15) is 0 Å². The van der Waals surface area contributed by atoms with Gasteiger partial charge in [0.25, 0.3) is 0 Å². The average molecular weight is 701 g/mol. The predicted molar refractivity (Wildman–Crippen MR) is 180 cm³/mol. The van der Waals surface area contributed by atoms with Gasteiger partial charge in [-0.05, 0) is 87.3 Å². The zero-order valence-electron chi connectivity index (χ0n) is 26.2. The Morgan fingerprint density at radius 1 is 0.190 bits per heavy atom. The molecule has 0 aromatic rings. The third-order valence-corrected chi connectivity index (χ3v) is 12.9. The first-order valence-corrected chi connectivity index (χ1v) is 24.2. The summed E-state index contributed by atoms with van der Waals surface area (Å²) in [5.41, 5.74) is 0. The van der Waals surface area contributed by atoms with Crippen molar-refractivity contribution in [3.05, 3.63) is 0 Å². The van der Waals surface area contributed by atoms with Crippen LogP contribution in [-0.2, 0) is 31.0 Å². The van der Waals surface area contributed by atoms with Crippen molar-refractivity contribution in [2.24, 2.45) is 0 Å². The van der Waals surface area contributed by atoms with Crippen LogP contribution in [0, 0.1) is 0 Å². The van der Waals surface area contributed by atoms with Crippen LogP contribution in [0.5, 0.6) is 0 Å². The molecule has 0 atom stereocenters. The molecule has 7 rings (SSSR count). The van der Waals surface area contributed by atoms with E-state index in [2.05, 4.69) is 0 Å². The minimum atomic E-state index is 0.802. The highest BCUT2D eigenvalue weighted by molar-refractivity contribution is 6.28. The minimum Gasteiger partial charge on any atom is -0.417 e. The van der Waals surface area contributed by atoms with E-state index in [1.165, 1.54) is 132 Å². The highest BCUT2D eigenvalue weighted by Gasteiger charge is 2.01. The molecule has 14 radical (unpaired) electrons. The van der Waals surface area contributed by atoms with Crippen molar-refractivity contribution in [1.82, 2.24) is 0 Å². The first-order valence-electron chi connectivity index (χ1n) is 16.4. The minimum absolute atomic E-state index is 0.802. The van der Waals surface area contributed by atoms with Gasteiger partial charge < -0.3 is 31.0 Å². The first-order chi connectivity index (χ1) is 21.0. The van der Waals surface area contributed by atoms with Crippen LogP contribution in [0.2, 0.25) is 42.3 Å². The van der Waals surface area contributed by atoms with E-state index < -0.39 is 0 Å². The van der Waals surface area contributed by atoms with E-state index in [4.69, 9.17) is 31.0 Å². The number of hydrogen-bond acceptors (Lipinski definition) is 7. The van der Waals surface area contributed by atoms with Gasteiger partial charge in [0.15, 0.2) is 0 Å². The first kappa shape index (κ1) is 41.3. The number of rotatable bonds is 0. The summed E-state index contributed by atoms with van der Waals surface area (Å²) >= 11 is 0. The van der Waals surface area contributed by atoms with Gasteiger partial charge in [-0.3, -0.25) is 0 Å². The third kappa shape index (κ3) is 35.7. The molecule has 14 heteroatoms. The molecule has 0 unspecified atom stereocenters. The van der Waals surface area contributed by atoms with Gasteiger partial charge >= 0.3 is 0 Å².